The van der Waals surface area contributed by atoms with E-state index < -0.39 is 12.1 Å². The molecule has 26 heavy (non-hydrogen) atoms. The molecule has 2 heterocycles. The standard InChI is InChI=1S/C19H16N4O3/c24-16(9-12-10-20-15-4-2-1-3-14(12)15)21-13-7-5-11(6-8-13)17-18(25)23-19(26)22-17/h1-8,10,17,20H,9H2,(H,21,24)(H2,22,23,25,26). The number of aromatic amines is 1. The minimum Gasteiger partial charge on any atom is -0.361 e. The molecule has 0 bridgehead atoms. The van der Waals surface area contributed by atoms with Crippen LogP contribution in [0.4, 0.5) is 10.5 Å². The van der Waals surface area contributed by atoms with Gasteiger partial charge in [-0.1, -0.05) is 30.3 Å². The Bertz CT molecular complexity index is 1010. The topological polar surface area (TPSA) is 103 Å². The highest BCUT2D eigenvalue weighted by atomic mass is 16.2. The second-order valence-electron chi connectivity index (χ2n) is 6.10. The summed E-state index contributed by atoms with van der Waals surface area (Å²) in [5.74, 6) is -0.513. The largest absolute Gasteiger partial charge is 0.361 e. The van der Waals surface area contributed by atoms with Crippen LogP contribution in [0.1, 0.15) is 17.2 Å². The second kappa shape index (κ2) is 6.36. The lowest BCUT2D eigenvalue weighted by molar-refractivity contribution is -0.120. The van der Waals surface area contributed by atoms with Crippen LogP contribution in [0.15, 0.2) is 54.7 Å². The van der Waals surface area contributed by atoms with E-state index in [1.807, 2.05) is 30.5 Å². The molecule has 0 aliphatic carbocycles. The fourth-order valence-corrected chi connectivity index (χ4v) is 3.07. The molecule has 4 N–H and O–H groups in total. The maximum Gasteiger partial charge on any atom is 0.322 e. The van der Waals surface area contributed by atoms with Gasteiger partial charge in [-0.15, -0.1) is 0 Å². The van der Waals surface area contributed by atoms with E-state index in [-0.39, 0.29) is 18.2 Å². The number of carbonyl (C=O) groups excluding carboxylic acids is 3. The van der Waals surface area contributed by atoms with Crippen LogP contribution in [-0.4, -0.2) is 22.8 Å². The summed E-state index contributed by atoms with van der Waals surface area (Å²) < 4.78 is 0. The summed E-state index contributed by atoms with van der Waals surface area (Å²) in [4.78, 5) is 38.3. The van der Waals surface area contributed by atoms with Gasteiger partial charge in [0.15, 0.2) is 0 Å². The van der Waals surface area contributed by atoms with Crippen LogP contribution in [0.2, 0.25) is 0 Å². The number of rotatable bonds is 4. The number of fused-ring (bicyclic) bond motifs is 1. The Balaban J connectivity index is 1.43. The van der Waals surface area contributed by atoms with Crippen LogP contribution in [0.5, 0.6) is 0 Å². The summed E-state index contributed by atoms with van der Waals surface area (Å²) in [6.45, 7) is 0. The molecule has 1 atom stereocenters. The van der Waals surface area contributed by atoms with Gasteiger partial charge in [0.1, 0.15) is 6.04 Å². The molecule has 1 aliphatic heterocycles. The van der Waals surface area contributed by atoms with E-state index in [0.29, 0.717) is 11.3 Å². The van der Waals surface area contributed by atoms with E-state index >= 15 is 0 Å². The lowest BCUT2D eigenvalue weighted by atomic mass is 10.1. The van der Waals surface area contributed by atoms with E-state index in [0.717, 1.165) is 16.5 Å². The van der Waals surface area contributed by atoms with Crippen molar-refractivity contribution in [2.45, 2.75) is 12.5 Å². The molecule has 7 heteroatoms. The van der Waals surface area contributed by atoms with Crippen molar-refractivity contribution in [3.8, 4) is 0 Å². The van der Waals surface area contributed by atoms with Crippen molar-refractivity contribution in [1.29, 1.82) is 0 Å². The zero-order valence-corrected chi connectivity index (χ0v) is 13.7. The van der Waals surface area contributed by atoms with E-state index in [1.54, 1.807) is 24.3 Å². The molecule has 0 radical (unpaired) electrons. The number of amides is 4. The number of nitrogens with one attached hydrogen (secondary N) is 4. The predicted molar refractivity (Wildman–Crippen MR) is 96.5 cm³/mol. The number of H-pyrrole nitrogens is 1. The molecule has 4 rings (SSSR count). The minimum atomic E-state index is -0.696. The Morgan fingerprint density at radius 3 is 2.54 bits per heavy atom. The van der Waals surface area contributed by atoms with Gasteiger partial charge >= 0.3 is 6.03 Å². The van der Waals surface area contributed by atoms with Crippen molar-refractivity contribution in [2.75, 3.05) is 5.32 Å². The third kappa shape index (κ3) is 3.02. The van der Waals surface area contributed by atoms with Gasteiger partial charge in [0.25, 0.3) is 5.91 Å². The SMILES string of the molecule is O=C(Cc1c[nH]c2ccccc12)Nc1ccc(C2NC(=O)NC2=O)cc1. The highest BCUT2D eigenvalue weighted by molar-refractivity contribution is 6.04. The molecule has 7 nitrogen and oxygen atoms in total. The van der Waals surface area contributed by atoms with Crippen molar-refractivity contribution in [3.63, 3.8) is 0 Å². The first kappa shape index (κ1) is 15.9. The fourth-order valence-electron chi connectivity index (χ4n) is 3.07. The Morgan fingerprint density at radius 2 is 1.81 bits per heavy atom. The molecule has 2 aromatic carbocycles. The van der Waals surface area contributed by atoms with Crippen molar-refractivity contribution in [1.82, 2.24) is 15.6 Å². The molecule has 1 aromatic heterocycles. The van der Waals surface area contributed by atoms with Gasteiger partial charge in [-0.2, -0.15) is 0 Å². The number of carbonyl (C=O) groups is 3. The van der Waals surface area contributed by atoms with Gasteiger partial charge in [-0.3, -0.25) is 14.9 Å². The molecule has 1 aliphatic rings. The summed E-state index contributed by atoms with van der Waals surface area (Å²) in [6.07, 6.45) is 2.10. The first-order valence-corrected chi connectivity index (χ1v) is 8.16. The quantitative estimate of drug-likeness (QED) is 0.544. The smallest absolute Gasteiger partial charge is 0.322 e. The summed E-state index contributed by atoms with van der Waals surface area (Å²) in [6, 6.07) is 13.5. The van der Waals surface area contributed by atoms with Crippen molar-refractivity contribution < 1.29 is 14.4 Å². The van der Waals surface area contributed by atoms with Gasteiger partial charge in [-0.05, 0) is 29.3 Å². The molecule has 1 fully saturated rings. The summed E-state index contributed by atoms with van der Waals surface area (Å²) in [5.41, 5.74) is 3.21. The van der Waals surface area contributed by atoms with E-state index in [2.05, 4.69) is 20.9 Å². The molecule has 4 amide bonds. The maximum atomic E-state index is 12.3. The Kier molecular flexibility index (Phi) is 3.89. The molecule has 1 unspecified atom stereocenters. The molecule has 0 saturated carbocycles. The van der Waals surface area contributed by atoms with Crippen molar-refractivity contribution in [2.24, 2.45) is 0 Å². The Morgan fingerprint density at radius 1 is 1.04 bits per heavy atom. The van der Waals surface area contributed by atoms with Gasteiger partial charge in [-0.25, -0.2) is 4.79 Å². The van der Waals surface area contributed by atoms with E-state index in [1.165, 1.54) is 0 Å². The zero-order chi connectivity index (χ0) is 18.1. The van der Waals surface area contributed by atoms with Crippen LogP contribution < -0.4 is 16.0 Å². The number of aromatic nitrogens is 1. The van der Waals surface area contributed by atoms with Gasteiger partial charge in [0.2, 0.25) is 5.91 Å². The lowest BCUT2D eigenvalue weighted by Crippen LogP contribution is -2.22. The molecule has 0 spiro atoms. The first-order chi connectivity index (χ1) is 12.6. The zero-order valence-electron chi connectivity index (χ0n) is 13.7. The van der Waals surface area contributed by atoms with Crippen molar-refractivity contribution in [3.05, 3.63) is 65.9 Å². The minimum absolute atomic E-state index is 0.130. The lowest BCUT2D eigenvalue weighted by Gasteiger charge is -2.09. The number of hydrogen-bond acceptors (Lipinski definition) is 3. The average molecular weight is 348 g/mol. The fraction of sp³-hybridized carbons (Fsp3) is 0.105. The number of benzene rings is 2. The number of urea groups is 1. The van der Waals surface area contributed by atoms with Crippen LogP contribution in [0.25, 0.3) is 10.9 Å². The molecule has 3 aromatic rings. The molecule has 130 valence electrons. The van der Waals surface area contributed by atoms with Gasteiger partial charge in [0.05, 0.1) is 6.42 Å². The number of para-hydroxylation sites is 1. The van der Waals surface area contributed by atoms with Crippen molar-refractivity contribution >= 4 is 34.4 Å². The number of anilines is 1. The highest BCUT2D eigenvalue weighted by Crippen LogP contribution is 2.21. The van der Waals surface area contributed by atoms with Crippen LogP contribution in [0.3, 0.4) is 0 Å². The molecule has 1 saturated heterocycles. The average Bonchev–Trinajstić information content (AvgIpc) is 3.18. The number of hydrogen-bond donors (Lipinski definition) is 4. The van der Waals surface area contributed by atoms with E-state index in [4.69, 9.17) is 0 Å². The molecular formula is C19H16N4O3. The number of imide groups is 1. The van der Waals surface area contributed by atoms with Crippen LogP contribution >= 0.6 is 0 Å². The van der Waals surface area contributed by atoms with Crippen LogP contribution in [0, 0.1) is 0 Å². The van der Waals surface area contributed by atoms with Gasteiger partial charge < -0.3 is 15.6 Å². The Hall–Kier alpha value is -3.61. The summed E-state index contributed by atoms with van der Waals surface area (Å²) >= 11 is 0. The Labute approximate surface area is 148 Å². The molecular weight excluding hydrogens is 332 g/mol. The predicted octanol–water partition coefficient (Wildman–Crippen LogP) is 2.23. The normalized spacial score (nSPS) is 16.4. The summed E-state index contributed by atoms with van der Waals surface area (Å²) in [5, 5.41) is 8.60. The summed E-state index contributed by atoms with van der Waals surface area (Å²) in [7, 11) is 0. The van der Waals surface area contributed by atoms with Crippen LogP contribution in [-0.2, 0) is 16.0 Å². The second-order valence-corrected chi connectivity index (χ2v) is 6.10. The highest BCUT2D eigenvalue weighted by Gasteiger charge is 2.30. The third-order valence-corrected chi connectivity index (χ3v) is 4.33. The third-order valence-electron chi connectivity index (χ3n) is 4.33. The monoisotopic (exact) mass is 348 g/mol. The first-order valence-electron chi connectivity index (χ1n) is 8.16. The van der Waals surface area contributed by atoms with E-state index in [9.17, 15) is 14.4 Å². The maximum absolute atomic E-state index is 12.3. The van der Waals surface area contributed by atoms with Gasteiger partial charge in [0, 0.05) is 22.8 Å².